The molecule has 2 saturated carbocycles. The van der Waals surface area contributed by atoms with Crippen LogP contribution in [0.1, 0.15) is 50.2 Å². The second-order valence-electron chi connectivity index (χ2n) is 9.54. The van der Waals surface area contributed by atoms with Gasteiger partial charge in [0.2, 0.25) is 0 Å². The van der Waals surface area contributed by atoms with Crippen molar-refractivity contribution < 1.29 is 0 Å². The lowest BCUT2D eigenvalue weighted by Crippen LogP contribution is -2.30. The molecular weight excluding hydrogens is 372 g/mol. The lowest BCUT2D eigenvalue weighted by molar-refractivity contribution is 0.237. The van der Waals surface area contributed by atoms with Crippen LogP contribution in [0.4, 0.5) is 0 Å². The lowest BCUT2D eigenvalue weighted by Gasteiger charge is -2.36. The fourth-order valence-corrected chi connectivity index (χ4v) is 7.20. The molecule has 0 aromatic heterocycles. The topological polar surface area (TPSA) is 0 Å². The van der Waals surface area contributed by atoms with Crippen LogP contribution in [0.25, 0.3) is 22.3 Å². The zero-order chi connectivity index (χ0) is 19.6. The van der Waals surface area contributed by atoms with Crippen LogP contribution in [-0.2, 0) is 5.41 Å². The van der Waals surface area contributed by atoms with Crippen molar-refractivity contribution in [3.05, 3.63) is 82.9 Å². The third-order valence-corrected chi connectivity index (χ3v) is 8.38. The number of rotatable bonds is 2. The van der Waals surface area contributed by atoms with Gasteiger partial charge in [0.25, 0.3) is 0 Å². The molecule has 0 aliphatic heterocycles. The molecule has 3 aromatic rings. The largest absolute Gasteiger partial charge is 0.0843 e. The first-order valence-electron chi connectivity index (χ1n) is 11.2. The molecule has 3 aliphatic rings. The fourth-order valence-electron chi connectivity index (χ4n) is 7.00. The molecular formula is C28H27Cl. The van der Waals surface area contributed by atoms with Crippen molar-refractivity contribution in [1.82, 2.24) is 0 Å². The van der Waals surface area contributed by atoms with Crippen molar-refractivity contribution in [2.75, 3.05) is 0 Å². The first-order valence-corrected chi connectivity index (χ1v) is 11.6. The van der Waals surface area contributed by atoms with Gasteiger partial charge in [-0.05, 0) is 95.0 Å². The molecule has 0 radical (unpaired) electrons. The molecule has 0 saturated heterocycles. The molecule has 4 unspecified atom stereocenters. The number of hydrogen-bond donors (Lipinski definition) is 0. The van der Waals surface area contributed by atoms with Gasteiger partial charge in [-0.2, -0.15) is 0 Å². The Bertz CT molecular complexity index is 1100. The van der Waals surface area contributed by atoms with E-state index in [2.05, 4.69) is 61.5 Å². The molecule has 0 heterocycles. The van der Waals surface area contributed by atoms with Gasteiger partial charge in [0, 0.05) is 10.4 Å². The maximum absolute atomic E-state index is 6.28. The number of halogens is 1. The van der Waals surface area contributed by atoms with Gasteiger partial charge in [-0.15, -0.1) is 0 Å². The third-order valence-electron chi connectivity index (χ3n) is 8.14. The van der Waals surface area contributed by atoms with Crippen molar-refractivity contribution >= 4 is 11.6 Å². The van der Waals surface area contributed by atoms with Crippen LogP contribution in [0.5, 0.6) is 0 Å². The molecule has 0 nitrogen and oxygen atoms in total. The van der Waals surface area contributed by atoms with Gasteiger partial charge in [-0.25, -0.2) is 0 Å². The minimum atomic E-state index is 0.243. The Morgan fingerprint density at radius 3 is 2.52 bits per heavy atom. The summed E-state index contributed by atoms with van der Waals surface area (Å²) in [5.74, 6) is 2.61. The third kappa shape index (κ3) is 2.51. The summed E-state index contributed by atoms with van der Waals surface area (Å²) in [6, 6.07) is 24.7. The molecule has 29 heavy (non-hydrogen) atoms. The predicted octanol–water partition coefficient (Wildman–Crippen LogP) is 8.12. The molecule has 1 heteroatoms. The summed E-state index contributed by atoms with van der Waals surface area (Å²) in [5, 5.41) is 0.801. The Morgan fingerprint density at radius 1 is 0.828 bits per heavy atom. The standard InChI is InChI=1S/C28H27Cl/c1-2-18-12-19-14-22(13-18)28(17-19)26-9-4-3-8-24(26)25-16-21(10-11-27(25)28)20-6-5-7-23(29)15-20/h3-11,15-16,18-19,22H,2,12-14,17H2,1H3. The second kappa shape index (κ2) is 6.47. The van der Waals surface area contributed by atoms with Crippen LogP contribution in [-0.4, -0.2) is 0 Å². The molecule has 2 bridgehead atoms. The van der Waals surface area contributed by atoms with Gasteiger partial charge >= 0.3 is 0 Å². The Labute approximate surface area is 178 Å². The van der Waals surface area contributed by atoms with Crippen LogP contribution in [0.2, 0.25) is 5.02 Å². The molecule has 4 atom stereocenters. The van der Waals surface area contributed by atoms with Crippen molar-refractivity contribution in [3.63, 3.8) is 0 Å². The SMILES string of the molecule is CCC1CC2CC(C1)C1(C2)c2ccccc2-c2cc(-c3cccc(Cl)c3)ccc21. The van der Waals surface area contributed by atoms with Gasteiger partial charge in [0.15, 0.2) is 0 Å². The van der Waals surface area contributed by atoms with E-state index in [9.17, 15) is 0 Å². The van der Waals surface area contributed by atoms with E-state index in [0.29, 0.717) is 0 Å². The first kappa shape index (κ1) is 17.8. The summed E-state index contributed by atoms with van der Waals surface area (Å²) in [6.45, 7) is 2.38. The Morgan fingerprint density at radius 2 is 1.66 bits per heavy atom. The van der Waals surface area contributed by atoms with E-state index in [4.69, 9.17) is 11.6 Å². The molecule has 3 aliphatic carbocycles. The monoisotopic (exact) mass is 398 g/mol. The normalized spacial score (nSPS) is 29.1. The molecule has 0 amide bonds. The Balaban J connectivity index is 1.54. The summed E-state index contributed by atoms with van der Waals surface area (Å²) in [7, 11) is 0. The number of benzene rings is 3. The molecule has 0 N–H and O–H groups in total. The van der Waals surface area contributed by atoms with Gasteiger partial charge in [-0.1, -0.05) is 73.5 Å². The molecule has 6 rings (SSSR count). The van der Waals surface area contributed by atoms with Gasteiger partial charge in [0.1, 0.15) is 0 Å². The van der Waals surface area contributed by atoms with Crippen LogP contribution in [0, 0.1) is 17.8 Å². The quantitative estimate of drug-likeness (QED) is 0.408. The lowest BCUT2D eigenvalue weighted by atomic mass is 9.67. The minimum absolute atomic E-state index is 0.243. The van der Waals surface area contributed by atoms with E-state index >= 15 is 0 Å². The van der Waals surface area contributed by atoms with E-state index in [1.54, 1.807) is 11.1 Å². The second-order valence-corrected chi connectivity index (χ2v) is 9.97. The molecule has 146 valence electrons. The minimum Gasteiger partial charge on any atom is -0.0843 e. The zero-order valence-corrected chi connectivity index (χ0v) is 17.8. The van der Waals surface area contributed by atoms with Gasteiger partial charge in [0.05, 0.1) is 0 Å². The van der Waals surface area contributed by atoms with Gasteiger partial charge < -0.3 is 0 Å². The predicted molar refractivity (Wildman–Crippen MR) is 122 cm³/mol. The average Bonchev–Trinajstić information content (AvgIpc) is 3.19. The highest BCUT2D eigenvalue weighted by Gasteiger charge is 2.56. The first-order chi connectivity index (χ1) is 14.2. The van der Waals surface area contributed by atoms with Crippen molar-refractivity contribution in [1.29, 1.82) is 0 Å². The summed E-state index contributed by atoms with van der Waals surface area (Å²) < 4.78 is 0. The Kier molecular flexibility index (Phi) is 3.97. The van der Waals surface area contributed by atoms with E-state index in [-0.39, 0.29) is 5.41 Å². The molecule has 1 spiro atoms. The van der Waals surface area contributed by atoms with Gasteiger partial charge in [-0.3, -0.25) is 0 Å². The number of fused-ring (bicyclic) bond motifs is 8. The highest BCUT2D eigenvalue weighted by atomic mass is 35.5. The fraction of sp³-hybridized carbons (Fsp3) is 0.357. The summed E-state index contributed by atoms with van der Waals surface area (Å²) in [6.07, 6.45) is 6.93. The van der Waals surface area contributed by atoms with Crippen molar-refractivity contribution in [3.8, 4) is 22.3 Å². The maximum atomic E-state index is 6.28. The summed E-state index contributed by atoms with van der Waals surface area (Å²) >= 11 is 6.28. The number of hydrogen-bond acceptors (Lipinski definition) is 0. The van der Waals surface area contributed by atoms with Crippen molar-refractivity contribution in [2.45, 2.75) is 44.4 Å². The van der Waals surface area contributed by atoms with E-state index < -0.39 is 0 Å². The van der Waals surface area contributed by atoms with Crippen LogP contribution < -0.4 is 0 Å². The van der Waals surface area contributed by atoms with E-state index in [1.165, 1.54) is 54.4 Å². The maximum Gasteiger partial charge on any atom is 0.0412 e. The highest BCUT2D eigenvalue weighted by molar-refractivity contribution is 6.30. The van der Waals surface area contributed by atoms with Crippen molar-refractivity contribution in [2.24, 2.45) is 17.8 Å². The average molecular weight is 399 g/mol. The summed E-state index contributed by atoms with van der Waals surface area (Å²) in [4.78, 5) is 0. The van der Waals surface area contributed by atoms with Crippen LogP contribution in [0.3, 0.4) is 0 Å². The molecule has 3 aromatic carbocycles. The van der Waals surface area contributed by atoms with Crippen LogP contribution in [0.15, 0.2) is 66.7 Å². The zero-order valence-electron chi connectivity index (χ0n) is 17.0. The Hall–Kier alpha value is -2.05. The highest BCUT2D eigenvalue weighted by Crippen LogP contribution is 2.65. The smallest absolute Gasteiger partial charge is 0.0412 e. The van der Waals surface area contributed by atoms with Crippen LogP contribution >= 0.6 is 11.6 Å². The summed E-state index contributed by atoms with van der Waals surface area (Å²) in [5.41, 5.74) is 8.83. The van der Waals surface area contributed by atoms with E-state index in [1.807, 2.05) is 12.1 Å². The van der Waals surface area contributed by atoms with E-state index in [0.717, 1.165) is 22.8 Å². The molecule has 2 fully saturated rings.